The fraction of sp³-hybridized carbons (Fsp3) is 0.308. The number of ether oxygens (including phenoxy) is 1. The number of carbonyl (C=O) groups excluding carboxylic acids is 3. The van der Waals surface area contributed by atoms with Crippen LogP contribution >= 0.6 is 0 Å². The van der Waals surface area contributed by atoms with E-state index in [1.807, 2.05) is 0 Å². The van der Waals surface area contributed by atoms with Gasteiger partial charge in [-0.1, -0.05) is 6.07 Å². The molecule has 1 saturated heterocycles. The molecule has 1 aromatic rings. The predicted molar refractivity (Wildman–Crippen MR) is 64.1 cm³/mol. The van der Waals surface area contributed by atoms with Gasteiger partial charge in [0.2, 0.25) is 11.8 Å². The van der Waals surface area contributed by atoms with Gasteiger partial charge in [0, 0.05) is 12.8 Å². The minimum Gasteiger partial charge on any atom is -0.465 e. The number of rotatable bonds is 2. The minimum atomic E-state index is -0.492. The van der Waals surface area contributed by atoms with E-state index in [1.165, 1.54) is 13.2 Å². The molecule has 0 saturated carbocycles. The molecule has 0 N–H and O–H groups in total. The van der Waals surface area contributed by atoms with Gasteiger partial charge >= 0.3 is 5.97 Å². The summed E-state index contributed by atoms with van der Waals surface area (Å²) in [6.45, 7) is 0. The van der Waals surface area contributed by atoms with E-state index in [0.29, 0.717) is 30.5 Å². The lowest BCUT2D eigenvalue weighted by atomic mass is 10.1. The van der Waals surface area contributed by atoms with Crippen molar-refractivity contribution < 1.29 is 19.1 Å². The summed E-state index contributed by atoms with van der Waals surface area (Å²) in [6.07, 6.45) is 1.30. The first-order valence-corrected chi connectivity index (χ1v) is 5.67. The van der Waals surface area contributed by atoms with E-state index in [1.54, 1.807) is 18.2 Å². The number of esters is 1. The molecule has 2 rings (SSSR count). The summed E-state index contributed by atoms with van der Waals surface area (Å²) in [7, 11) is 1.28. The van der Waals surface area contributed by atoms with Gasteiger partial charge in [-0.3, -0.25) is 14.5 Å². The second-order valence-corrected chi connectivity index (χ2v) is 4.02. The molecule has 0 bridgehead atoms. The van der Waals surface area contributed by atoms with Crippen molar-refractivity contribution in [3.8, 4) is 0 Å². The number of methoxy groups -OCH3 is 1. The monoisotopic (exact) mass is 247 g/mol. The zero-order chi connectivity index (χ0) is 13.1. The molecule has 1 heterocycles. The maximum atomic E-state index is 11.7. The summed E-state index contributed by atoms with van der Waals surface area (Å²) >= 11 is 0. The molecule has 1 fully saturated rings. The highest BCUT2D eigenvalue weighted by Crippen LogP contribution is 2.23. The Bertz CT molecular complexity index is 493. The Morgan fingerprint density at radius 3 is 2.50 bits per heavy atom. The van der Waals surface area contributed by atoms with Gasteiger partial charge in [0.25, 0.3) is 0 Å². The fourth-order valence-corrected chi connectivity index (χ4v) is 1.93. The third-order valence-corrected chi connectivity index (χ3v) is 2.81. The molecule has 0 spiro atoms. The highest BCUT2D eigenvalue weighted by atomic mass is 16.5. The van der Waals surface area contributed by atoms with Gasteiger partial charge in [-0.25, -0.2) is 4.79 Å². The molecule has 0 aromatic heterocycles. The molecule has 1 aromatic carbocycles. The van der Waals surface area contributed by atoms with Crippen molar-refractivity contribution in [1.82, 2.24) is 0 Å². The summed E-state index contributed by atoms with van der Waals surface area (Å²) in [5.41, 5.74) is 0.744. The maximum Gasteiger partial charge on any atom is 0.337 e. The number of imide groups is 1. The first-order chi connectivity index (χ1) is 8.63. The fourth-order valence-electron chi connectivity index (χ4n) is 1.93. The van der Waals surface area contributed by atoms with Gasteiger partial charge in [-0.15, -0.1) is 0 Å². The lowest BCUT2D eigenvalue weighted by Crippen LogP contribution is -2.40. The minimum absolute atomic E-state index is 0.228. The number of carbonyl (C=O) groups is 3. The van der Waals surface area contributed by atoms with E-state index < -0.39 is 5.97 Å². The molecule has 94 valence electrons. The number of hydrogen-bond donors (Lipinski definition) is 0. The SMILES string of the molecule is COC(=O)c1cccc(N2C(=O)CCCC2=O)c1. The average molecular weight is 247 g/mol. The standard InChI is InChI=1S/C13H13NO4/c1-18-13(17)9-4-2-5-10(8-9)14-11(15)6-3-7-12(14)16/h2,4-5,8H,3,6-7H2,1H3. The van der Waals surface area contributed by atoms with E-state index in [2.05, 4.69) is 4.74 Å². The third-order valence-electron chi connectivity index (χ3n) is 2.81. The summed E-state index contributed by atoms with van der Waals surface area (Å²) in [6, 6.07) is 6.32. The van der Waals surface area contributed by atoms with E-state index >= 15 is 0 Å². The topological polar surface area (TPSA) is 63.7 Å². The smallest absolute Gasteiger partial charge is 0.337 e. The van der Waals surface area contributed by atoms with Crippen molar-refractivity contribution in [1.29, 1.82) is 0 Å². The Labute approximate surface area is 104 Å². The van der Waals surface area contributed by atoms with Crippen molar-refractivity contribution >= 4 is 23.5 Å². The summed E-state index contributed by atoms with van der Waals surface area (Å²) in [5, 5.41) is 0. The van der Waals surface area contributed by atoms with Crippen molar-refractivity contribution in [3.63, 3.8) is 0 Å². The molecule has 0 unspecified atom stereocenters. The predicted octanol–water partition coefficient (Wildman–Crippen LogP) is 1.52. The van der Waals surface area contributed by atoms with E-state index in [4.69, 9.17) is 0 Å². The van der Waals surface area contributed by atoms with E-state index in [9.17, 15) is 14.4 Å². The molecule has 0 radical (unpaired) electrons. The summed E-state index contributed by atoms with van der Waals surface area (Å²) in [5.74, 6) is -0.949. The van der Waals surface area contributed by atoms with Gasteiger partial charge in [0.1, 0.15) is 0 Å². The number of benzene rings is 1. The molecule has 0 aliphatic carbocycles. The van der Waals surface area contributed by atoms with E-state index in [0.717, 1.165) is 4.90 Å². The number of amides is 2. The van der Waals surface area contributed by atoms with Crippen LogP contribution in [0.2, 0.25) is 0 Å². The molecule has 5 nitrogen and oxygen atoms in total. The molecule has 1 aliphatic heterocycles. The lowest BCUT2D eigenvalue weighted by Gasteiger charge is -2.25. The molecule has 5 heteroatoms. The van der Waals surface area contributed by atoms with Crippen LogP contribution in [0.5, 0.6) is 0 Å². The van der Waals surface area contributed by atoms with Crippen LogP contribution in [-0.4, -0.2) is 24.9 Å². The first kappa shape index (κ1) is 12.3. The average Bonchev–Trinajstić information content (AvgIpc) is 2.38. The Morgan fingerprint density at radius 2 is 1.89 bits per heavy atom. The Hall–Kier alpha value is -2.17. The molecule has 18 heavy (non-hydrogen) atoms. The normalized spacial score (nSPS) is 15.7. The number of hydrogen-bond acceptors (Lipinski definition) is 4. The summed E-state index contributed by atoms with van der Waals surface area (Å²) in [4.78, 5) is 36.0. The first-order valence-electron chi connectivity index (χ1n) is 5.67. The van der Waals surface area contributed by atoms with Crippen LogP contribution in [-0.2, 0) is 14.3 Å². The summed E-state index contributed by atoms with van der Waals surface area (Å²) < 4.78 is 4.60. The quantitative estimate of drug-likeness (QED) is 0.587. The highest BCUT2D eigenvalue weighted by Gasteiger charge is 2.27. The van der Waals surface area contributed by atoms with Gasteiger partial charge in [-0.2, -0.15) is 0 Å². The Balaban J connectivity index is 2.35. The highest BCUT2D eigenvalue weighted by molar-refractivity contribution is 6.16. The number of piperidine rings is 1. The van der Waals surface area contributed by atoms with Crippen LogP contribution in [0, 0.1) is 0 Å². The largest absolute Gasteiger partial charge is 0.465 e. The second-order valence-electron chi connectivity index (χ2n) is 4.02. The van der Waals surface area contributed by atoms with Crippen LogP contribution in [0.4, 0.5) is 5.69 Å². The third kappa shape index (κ3) is 2.25. The van der Waals surface area contributed by atoms with Crippen LogP contribution in [0.25, 0.3) is 0 Å². The van der Waals surface area contributed by atoms with Crippen LogP contribution in [0.15, 0.2) is 24.3 Å². The van der Waals surface area contributed by atoms with Gasteiger partial charge in [-0.05, 0) is 24.6 Å². The van der Waals surface area contributed by atoms with Crippen molar-refractivity contribution in [2.45, 2.75) is 19.3 Å². The van der Waals surface area contributed by atoms with Crippen molar-refractivity contribution in [3.05, 3.63) is 29.8 Å². The van der Waals surface area contributed by atoms with Crippen LogP contribution in [0.1, 0.15) is 29.6 Å². The Kier molecular flexibility index (Phi) is 3.41. The Morgan fingerprint density at radius 1 is 1.22 bits per heavy atom. The van der Waals surface area contributed by atoms with Crippen molar-refractivity contribution in [2.75, 3.05) is 12.0 Å². The second kappa shape index (κ2) is 5.00. The molecule has 1 aliphatic rings. The van der Waals surface area contributed by atoms with E-state index in [-0.39, 0.29) is 11.8 Å². The van der Waals surface area contributed by atoms with Gasteiger partial charge in [0.15, 0.2) is 0 Å². The van der Waals surface area contributed by atoms with Crippen LogP contribution in [0.3, 0.4) is 0 Å². The molecular formula is C13H13NO4. The van der Waals surface area contributed by atoms with Gasteiger partial charge in [0.05, 0.1) is 18.4 Å². The molecular weight excluding hydrogens is 234 g/mol. The van der Waals surface area contributed by atoms with Crippen LogP contribution < -0.4 is 4.90 Å². The van der Waals surface area contributed by atoms with Crippen molar-refractivity contribution in [2.24, 2.45) is 0 Å². The molecule has 2 amide bonds. The number of anilines is 1. The van der Waals surface area contributed by atoms with Gasteiger partial charge < -0.3 is 4.74 Å². The number of nitrogens with zero attached hydrogens (tertiary/aromatic N) is 1. The molecule has 0 atom stereocenters. The maximum absolute atomic E-state index is 11.7. The zero-order valence-corrected chi connectivity index (χ0v) is 10.0. The lowest BCUT2D eigenvalue weighted by molar-refractivity contribution is -0.129. The zero-order valence-electron chi connectivity index (χ0n) is 10.0.